The first-order chi connectivity index (χ1) is 9.79. The molecule has 1 aliphatic carbocycles. The molecule has 1 aromatic carbocycles. The molecule has 0 atom stereocenters. The Bertz CT molecular complexity index is 405. The van der Waals surface area contributed by atoms with E-state index in [-0.39, 0.29) is 11.9 Å². The minimum atomic E-state index is -0.0793. The van der Waals surface area contributed by atoms with Crippen LogP contribution < -0.4 is 9.47 Å². The van der Waals surface area contributed by atoms with Crippen LogP contribution in [0.1, 0.15) is 51.9 Å². The zero-order valence-electron chi connectivity index (χ0n) is 12.3. The lowest BCUT2D eigenvalue weighted by molar-refractivity contribution is -0.139. The number of carbonyl (C=O) groups excluding carboxylic acids is 1. The van der Waals surface area contributed by atoms with Crippen molar-refractivity contribution in [2.75, 3.05) is 6.61 Å². The van der Waals surface area contributed by atoms with E-state index in [9.17, 15) is 4.79 Å². The minimum absolute atomic E-state index is 0.0793. The Morgan fingerprint density at radius 3 is 2.40 bits per heavy atom. The molecule has 0 bridgehead atoms. The number of hydrogen-bond acceptors (Lipinski definition) is 3. The van der Waals surface area contributed by atoms with Crippen LogP contribution in [0.25, 0.3) is 0 Å². The van der Waals surface area contributed by atoms with Crippen LogP contribution in [-0.4, -0.2) is 12.6 Å². The first-order valence-electron chi connectivity index (χ1n) is 7.74. The molecular formula is C17H24O3. The van der Waals surface area contributed by atoms with Crippen LogP contribution in [0, 0.1) is 5.92 Å². The molecular weight excluding hydrogens is 252 g/mol. The third-order valence-corrected chi connectivity index (χ3v) is 3.75. The van der Waals surface area contributed by atoms with Crippen LogP contribution in [0.3, 0.4) is 0 Å². The molecule has 0 spiro atoms. The van der Waals surface area contributed by atoms with Crippen molar-refractivity contribution >= 4 is 5.97 Å². The maximum Gasteiger partial charge on any atom is 0.314 e. The standard InChI is InChI=1S/C17H24O3/c1-2-3-13-19-15-9-11-16(12-10-15)20-17(18)14-7-5-4-6-8-14/h9-12,14H,2-8,13H2,1H3. The molecule has 0 heterocycles. The lowest BCUT2D eigenvalue weighted by atomic mass is 9.89. The van der Waals surface area contributed by atoms with Crippen molar-refractivity contribution in [2.45, 2.75) is 51.9 Å². The van der Waals surface area contributed by atoms with Crippen LogP contribution in [-0.2, 0) is 4.79 Å². The first-order valence-corrected chi connectivity index (χ1v) is 7.74. The van der Waals surface area contributed by atoms with Gasteiger partial charge in [-0.05, 0) is 43.5 Å². The highest BCUT2D eigenvalue weighted by atomic mass is 16.5. The van der Waals surface area contributed by atoms with E-state index in [2.05, 4.69) is 6.92 Å². The van der Waals surface area contributed by atoms with Gasteiger partial charge in [-0.2, -0.15) is 0 Å². The maximum absolute atomic E-state index is 12.0. The summed E-state index contributed by atoms with van der Waals surface area (Å²) in [6, 6.07) is 7.34. The summed E-state index contributed by atoms with van der Waals surface area (Å²) in [5, 5.41) is 0. The predicted molar refractivity (Wildman–Crippen MR) is 79.1 cm³/mol. The normalized spacial score (nSPS) is 15.8. The van der Waals surface area contributed by atoms with Gasteiger partial charge in [0.25, 0.3) is 0 Å². The number of ether oxygens (including phenoxy) is 2. The summed E-state index contributed by atoms with van der Waals surface area (Å²) in [5.74, 6) is 1.45. The number of esters is 1. The minimum Gasteiger partial charge on any atom is -0.494 e. The SMILES string of the molecule is CCCCOc1ccc(OC(=O)C2CCCCC2)cc1. The largest absolute Gasteiger partial charge is 0.494 e. The quantitative estimate of drug-likeness (QED) is 0.440. The van der Waals surface area contributed by atoms with Gasteiger partial charge in [0, 0.05) is 0 Å². The topological polar surface area (TPSA) is 35.5 Å². The van der Waals surface area contributed by atoms with Crippen molar-refractivity contribution in [3.8, 4) is 11.5 Å². The molecule has 110 valence electrons. The average Bonchev–Trinajstić information content (AvgIpc) is 2.50. The fourth-order valence-electron chi connectivity index (χ4n) is 2.48. The highest BCUT2D eigenvalue weighted by Crippen LogP contribution is 2.26. The smallest absolute Gasteiger partial charge is 0.314 e. The second-order valence-electron chi connectivity index (χ2n) is 5.43. The summed E-state index contributed by atoms with van der Waals surface area (Å²) >= 11 is 0. The van der Waals surface area contributed by atoms with Crippen LogP contribution in [0.2, 0.25) is 0 Å². The van der Waals surface area contributed by atoms with Gasteiger partial charge in [-0.25, -0.2) is 0 Å². The van der Waals surface area contributed by atoms with E-state index in [0.717, 1.165) is 50.9 Å². The van der Waals surface area contributed by atoms with Gasteiger partial charge >= 0.3 is 5.97 Å². The van der Waals surface area contributed by atoms with Crippen molar-refractivity contribution in [1.29, 1.82) is 0 Å². The molecule has 0 saturated heterocycles. The van der Waals surface area contributed by atoms with Crippen LogP contribution in [0.5, 0.6) is 11.5 Å². The molecule has 1 aromatic rings. The molecule has 3 nitrogen and oxygen atoms in total. The van der Waals surface area contributed by atoms with E-state index in [1.807, 2.05) is 24.3 Å². The van der Waals surface area contributed by atoms with Gasteiger partial charge in [0.2, 0.25) is 0 Å². The van der Waals surface area contributed by atoms with Gasteiger partial charge < -0.3 is 9.47 Å². The summed E-state index contributed by atoms with van der Waals surface area (Å²) in [4.78, 5) is 12.0. The number of hydrogen-bond donors (Lipinski definition) is 0. The molecule has 0 N–H and O–H groups in total. The van der Waals surface area contributed by atoms with Gasteiger partial charge in [0.1, 0.15) is 11.5 Å². The second-order valence-corrected chi connectivity index (χ2v) is 5.43. The van der Waals surface area contributed by atoms with E-state index < -0.39 is 0 Å². The third-order valence-electron chi connectivity index (χ3n) is 3.75. The molecule has 0 aromatic heterocycles. The zero-order chi connectivity index (χ0) is 14.2. The Balaban J connectivity index is 1.81. The van der Waals surface area contributed by atoms with Gasteiger partial charge in [-0.3, -0.25) is 4.79 Å². The fraction of sp³-hybridized carbons (Fsp3) is 0.588. The summed E-state index contributed by atoms with van der Waals surface area (Å²) < 4.78 is 11.0. The monoisotopic (exact) mass is 276 g/mol. The lowest BCUT2D eigenvalue weighted by Crippen LogP contribution is -2.22. The zero-order valence-corrected chi connectivity index (χ0v) is 12.3. The van der Waals surface area contributed by atoms with Gasteiger partial charge in [-0.1, -0.05) is 32.6 Å². The van der Waals surface area contributed by atoms with E-state index in [1.165, 1.54) is 6.42 Å². The number of rotatable bonds is 6. The molecule has 1 aliphatic rings. The molecule has 0 unspecified atom stereocenters. The molecule has 1 fully saturated rings. The molecule has 0 radical (unpaired) electrons. The van der Waals surface area contributed by atoms with E-state index in [4.69, 9.17) is 9.47 Å². The predicted octanol–water partition coefficient (Wildman–Crippen LogP) is 4.35. The van der Waals surface area contributed by atoms with Crippen LogP contribution in [0.15, 0.2) is 24.3 Å². The third kappa shape index (κ3) is 4.55. The van der Waals surface area contributed by atoms with E-state index in [0.29, 0.717) is 5.75 Å². The Morgan fingerprint density at radius 1 is 1.10 bits per heavy atom. The number of unbranched alkanes of at least 4 members (excludes halogenated alkanes) is 1. The summed E-state index contributed by atoms with van der Waals surface area (Å²) in [7, 11) is 0. The first kappa shape index (κ1) is 14.9. The summed E-state index contributed by atoms with van der Waals surface area (Å²) in [6.45, 7) is 2.87. The summed E-state index contributed by atoms with van der Waals surface area (Å²) in [5.41, 5.74) is 0. The summed E-state index contributed by atoms with van der Waals surface area (Å²) in [6.07, 6.45) is 7.64. The second kappa shape index (κ2) is 7.93. The van der Waals surface area contributed by atoms with Crippen molar-refractivity contribution in [3.63, 3.8) is 0 Å². The van der Waals surface area contributed by atoms with Crippen molar-refractivity contribution < 1.29 is 14.3 Å². The molecule has 20 heavy (non-hydrogen) atoms. The Kier molecular flexibility index (Phi) is 5.90. The molecule has 1 saturated carbocycles. The Hall–Kier alpha value is -1.51. The molecule has 0 amide bonds. The van der Waals surface area contributed by atoms with Gasteiger partial charge in [0.05, 0.1) is 12.5 Å². The fourth-order valence-corrected chi connectivity index (χ4v) is 2.48. The number of benzene rings is 1. The highest BCUT2D eigenvalue weighted by molar-refractivity contribution is 5.75. The van der Waals surface area contributed by atoms with E-state index in [1.54, 1.807) is 0 Å². The Labute approximate surface area is 121 Å². The van der Waals surface area contributed by atoms with Crippen molar-refractivity contribution in [1.82, 2.24) is 0 Å². The van der Waals surface area contributed by atoms with E-state index >= 15 is 0 Å². The molecule has 2 rings (SSSR count). The number of carbonyl (C=O) groups is 1. The molecule has 0 aliphatic heterocycles. The highest BCUT2D eigenvalue weighted by Gasteiger charge is 2.22. The van der Waals surface area contributed by atoms with Crippen molar-refractivity contribution in [3.05, 3.63) is 24.3 Å². The van der Waals surface area contributed by atoms with Crippen LogP contribution in [0.4, 0.5) is 0 Å². The lowest BCUT2D eigenvalue weighted by Gasteiger charge is -2.19. The average molecular weight is 276 g/mol. The van der Waals surface area contributed by atoms with Gasteiger partial charge in [0.15, 0.2) is 0 Å². The van der Waals surface area contributed by atoms with Crippen LogP contribution >= 0.6 is 0 Å². The van der Waals surface area contributed by atoms with Gasteiger partial charge in [-0.15, -0.1) is 0 Å². The molecule has 3 heteroatoms. The maximum atomic E-state index is 12.0. The Morgan fingerprint density at radius 2 is 1.75 bits per heavy atom. The van der Waals surface area contributed by atoms with Crippen molar-refractivity contribution in [2.24, 2.45) is 5.92 Å².